The van der Waals surface area contributed by atoms with Crippen LogP contribution in [-0.4, -0.2) is 28.5 Å². The molecule has 5 nitrogen and oxygen atoms in total. The molecular weight excluding hydrogens is 262 g/mol. The first kappa shape index (κ1) is 14.1. The Kier molecular flexibility index (Phi) is 5.50. The third kappa shape index (κ3) is 4.40. The van der Waals surface area contributed by atoms with Gasteiger partial charge in [-0.2, -0.15) is 11.8 Å². The molecule has 0 fully saturated rings. The van der Waals surface area contributed by atoms with Gasteiger partial charge in [-0.3, -0.25) is 10.1 Å². The molecule has 1 rings (SSSR count). The van der Waals surface area contributed by atoms with Crippen molar-refractivity contribution in [3.8, 4) is 0 Å². The molecule has 94 valence electrons. The lowest BCUT2D eigenvalue weighted by atomic mass is 10.2. The molecule has 0 aliphatic rings. The van der Waals surface area contributed by atoms with Crippen molar-refractivity contribution in [2.45, 2.75) is 6.92 Å². The Labute approximate surface area is 109 Å². The second-order valence-electron chi connectivity index (χ2n) is 3.72. The number of anilines is 1. The van der Waals surface area contributed by atoms with E-state index in [0.717, 1.165) is 5.75 Å². The number of rotatable bonds is 6. The monoisotopic (exact) mass is 275 g/mol. The van der Waals surface area contributed by atoms with E-state index in [2.05, 4.69) is 17.2 Å². The van der Waals surface area contributed by atoms with E-state index < -0.39 is 4.92 Å². The smallest absolute Gasteiger partial charge is 0.312 e. The molecule has 7 heteroatoms. The van der Waals surface area contributed by atoms with Gasteiger partial charge in [0.05, 0.1) is 9.95 Å². The number of halogens is 1. The Morgan fingerprint density at radius 2 is 2.41 bits per heavy atom. The third-order valence-corrected chi connectivity index (χ3v) is 3.21. The van der Waals surface area contributed by atoms with E-state index in [-0.39, 0.29) is 16.5 Å². The van der Waals surface area contributed by atoms with Gasteiger partial charge in [-0.1, -0.05) is 18.5 Å². The molecule has 1 atom stereocenters. The molecule has 17 heavy (non-hydrogen) atoms. The Morgan fingerprint density at radius 1 is 1.71 bits per heavy atom. The van der Waals surface area contributed by atoms with Crippen molar-refractivity contribution in [3.05, 3.63) is 27.4 Å². The summed E-state index contributed by atoms with van der Waals surface area (Å²) in [5, 5.41) is 14.1. The minimum atomic E-state index is -0.486. The van der Waals surface area contributed by atoms with Gasteiger partial charge < -0.3 is 5.32 Å². The van der Waals surface area contributed by atoms with E-state index in [4.69, 9.17) is 11.6 Å². The van der Waals surface area contributed by atoms with Crippen LogP contribution in [0, 0.1) is 16.0 Å². The van der Waals surface area contributed by atoms with E-state index in [9.17, 15) is 10.1 Å². The van der Waals surface area contributed by atoms with Crippen LogP contribution in [0.5, 0.6) is 0 Å². The summed E-state index contributed by atoms with van der Waals surface area (Å²) in [4.78, 5) is 14.3. The molecule has 0 saturated carbocycles. The molecule has 0 bridgehead atoms. The zero-order valence-electron chi connectivity index (χ0n) is 9.64. The third-order valence-electron chi connectivity index (χ3n) is 2.10. The highest BCUT2D eigenvalue weighted by atomic mass is 35.5. The number of nitrogens with zero attached hydrogens (tertiary/aromatic N) is 2. The maximum atomic E-state index is 10.8. The van der Waals surface area contributed by atoms with Gasteiger partial charge in [-0.05, 0) is 17.9 Å². The lowest BCUT2D eigenvalue weighted by Crippen LogP contribution is -2.15. The number of hydrogen-bond acceptors (Lipinski definition) is 5. The number of pyridine rings is 1. The highest BCUT2D eigenvalue weighted by molar-refractivity contribution is 7.98. The van der Waals surface area contributed by atoms with Gasteiger partial charge in [0, 0.05) is 18.8 Å². The summed E-state index contributed by atoms with van der Waals surface area (Å²) in [5.41, 5.74) is -0.0890. The SMILES string of the molecule is CSCC(C)CNc1ncc(Cl)cc1[N+](=O)[O-]. The van der Waals surface area contributed by atoms with Crippen molar-refractivity contribution in [1.29, 1.82) is 0 Å². The van der Waals surface area contributed by atoms with E-state index >= 15 is 0 Å². The fourth-order valence-electron chi connectivity index (χ4n) is 1.32. The Morgan fingerprint density at radius 3 is 3.00 bits per heavy atom. The fourth-order valence-corrected chi connectivity index (χ4v) is 2.16. The largest absolute Gasteiger partial charge is 0.364 e. The summed E-state index contributed by atoms with van der Waals surface area (Å²) in [5.74, 6) is 1.68. The number of hydrogen-bond donors (Lipinski definition) is 1. The average molecular weight is 276 g/mol. The number of thioether (sulfide) groups is 1. The summed E-state index contributed by atoms with van der Waals surface area (Å²) in [6.07, 6.45) is 3.43. The average Bonchev–Trinajstić information content (AvgIpc) is 2.27. The summed E-state index contributed by atoms with van der Waals surface area (Å²) in [6, 6.07) is 1.30. The summed E-state index contributed by atoms with van der Waals surface area (Å²) in [6.45, 7) is 2.72. The molecule has 1 aromatic heterocycles. The van der Waals surface area contributed by atoms with Gasteiger partial charge in [0.2, 0.25) is 5.82 Å². The lowest BCUT2D eigenvalue weighted by molar-refractivity contribution is -0.384. The number of nitro groups is 1. The van der Waals surface area contributed by atoms with E-state index in [1.807, 2.05) is 6.26 Å². The van der Waals surface area contributed by atoms with Crippen LogP contribution < -0.4 is 5.32 Å². The van der Waals surface area contributed by atoms with Gasteiger partial charge >= 0.3 is 5.69 Å². The van der Waals surface area contributed by atoms with Crippen molar-refractivity contribution >= 4 is 34.9 Å². The van der Waals surface area contributed by atoms with Crippen LogP contribution in [0.25, 0.3) is 0 Å². The Hall–Kier alpha value is -1.01. The highest BCUT2D eigenvalue weighted by Crippen LogP contribution is 2.25. The van der Waals surface area contributed by atoms with Crippen molar-refractivity contribution in [2.75, 3.05) is 23.9 Å². The topological polar surface area (TPSA) is 68.1 Å². The molecule has 0 aromatic carbocycles. The van der Waals surface area contributed by atoms with Gasteiger partial charge in [0.25, 0.3) is 0 Å². The minimum absolute atomic E-state index is 0.0890. The Bertz CT molecular complexity index is 403. The van der Waals surface area contributed by atoms with E-state index in [0.29, 0.717) is 12.5 Å². The molecule has 0 aliphatic heterocycles. The molecule has 0 amide bonds. The summed E-state index contributed by atoms with van der Waals surface area (Å²) >= 11 is 7.42. The zero-order valence-corrected chi connectivity index (χ0v) is 11.2. The van der Waals surface area contributed by atoms with Crippen LogP contribution >= 0.6 is 23.4 Å². The summed E-state index contributed by atoms with van der Waals surface area (Å²) in [7, 11) is 0. The first-order valence-electron chi connectivity index (χ1n) is 5.07. The molecule has 0 aliphatic carbocycles. The standard InChI is InChI=1S/C10H14ClN3O2S/c1-7(6-17-2)4-12-10-9(14(15)16)3-8(11)5-13-10/h3,5,7H,4,6H2,1-2H3,(H,12,13). The normalized spacial score (nSPS) is 12.2. The van der Waals surface area contributed by atoms with Crippen molar-refractivity contribution in [3.63, 3.8) is 0 Å². The fraction of sp³-hybridized carbons (Fsp3) is 0.500. The lowest BCUT2D eigenvalue weighted by Gasteiger charge is -2.11. The molecule has 1 heterocycles. The van der Waals surface area contributed by atoms with Crippen LogP contribution in [0.4, 0.5) is 11.5 Å². The Balaban J connectivity index is 2.73. The quantitative estimate of drug-likeness (QED) is 0.638. The maximum absolute atomic E-state index is 10.8. The highest BCUT2D eigenvalue weighted by Gasteiger charge is 2.16. The zero-order chi connectivity index (χ0) is 12.8. The van der Waals surface area contributed by atoms with Crippen LogP contribution in [0.3, 0.4) is 0 Å². The molecule has 1 aromatic rings. The number of nitrogens with one attached hydrogen (secondary N) is 1. The van der Waals surface area contributed by atoms with Crippen LogP contribution in [-0.2, 0) is 0 Å². The van der Waals surface area contributed by atoms with Gasteiger partial charge in [0.15, 0.2) is 0 Å². The van der Waals surface area contributed by atoms with Crippen molar-refractivity contribution in [2.24, 2.45) is 5.92 Å². The molecule has 0 spiro atoms. The van der Waals surface area contributed by atoms with Crippen LogP contribution in [0.2, 0.25) is 5.02 Å². The van der Waals surface area contributed by atoms with Crippen molar-refractivity contribution in [1.82, 2.24) is 4.98 Å². The van der Waals surface area contributed by atoms with Crippen LogP contribution in [0.15, 0.2) is 12.3 Å². The molecule has 0 saturated heterocycles. The van der Waals surface area contributed by atoms with Gasteiger partial charge in [-0.15, -0.1) is 0 Å². The minimum Gasteiger partial charge on any atom is -0.364 e. The van der Waals surface area contributed by atoms with Crippen LogP contribution in [0.1, 0.15) is 6.92 Å². The first-order chi connectivity index (χ1) is 8.04. The molecule has 0 radical (unpaired) electrons. The van der Waals surface area contributed by atoms with E-state index in [1.165, 1.54) is 12.3 Å². The van der Waals surface area contributed by atoms with Gasteiger partial charge in [-0.25, -0.2) is 4.98 Å². The van der Waals surface area contributed by atoms with Gasteiger partial charge in [0.1, 0.15) is 0 Å². The molecule has 1 N–H and O–H groups in total. The molecule has 1 unspecified atom stereocenters. The van der Waals surface area contributed by atoms with Crippen molar-refractivity contribution < 1.29 is 4.92 Å². The predicted molar refractivity (Wildman–Crippen MR) is 71.9 cm³/mol. The molecular formula is C10H14ClN3O2S. The maximum Gasteiger partial charge on any atom is 0.312 e. The number of aromatic nitrogens is 1. The summed E-state index contributed by atoms with van der Waals surface area (Å²) < 4.78 is 0. The van der Waals surface area contributed by atoms with E-state index in [1.54, 1.807) is 11.8 Å². The first-order valence-corrected chi connectivity index (χ1v) is 6.84. The second kappa shape index (κ2) is 6.66. The second-order valence-corrected chi connectivity index (χ2v) is 5.07. The predicted octanol–water partition coefficient (Wildman–Crippen LogP) is 3.05.